The summed E-state index contributed by atoms with van der Waals surface area (Å²) in [5.41, 5.74) is 0.517. The van der Waals surface area contributed by atoms with E-state index in [1.807, 2.05) is 20.8 Å². The van der Waals surface area contributed by atoms with E-state index < -0.39 is 0 Å². The van der Waals surface area contributed by atoms with E-state index in [1.54, 1.807) is 12.1 Å². The highest BCUT2D eigenvalue weighted by Crippen LogP contribution is 2.35. The van der Waals surface area contributed by atoms with Gasteiger partial charge in [0.25, 0.3) is 0 Å². The van der Waals surface area contributed by atoms with Crippen LogP contribution in [0.3, 0.4) is 0 Å². The molecule has 0 aliphatic rings. The molecule has 1 rings (SSSR count). The van der Waals surface area contributed by atoms with E-state index in [1.165, 1.54) is 6.92 Å². The maximum absolute atomic E-state index is 11.6. The summed E-state index contributed by atoms with van der Waals surface area (Å²) in [6, 6.07) is 3.40. The predicted molar refractivity (Wildman–Crippen MR) is 70.0 cm³/mol. The summed E-state index contributed by atoms with van der Waals surface area (Å²) in [7, 11) is 0. The van der Waals surface area contributed by atoms with E-state index in [2.05, 4.69) is 0 Å². The topological polar surface area (TPSA) is 44.8 Å². The average Bonchev–Trinajstić information content (AvgIpc) is 2.32. The molecule has 0 saturated carbocycles. The van der Waals surface area contributed by atoms with Crippen molar-refractivity contribution < 1.29 is 19.0 Å². The Morgan fingerprint density at radius 2 is 1.33 bits per heavy atom. The number of carbonyl (C=O) groups is 1. The largest absolute Gasteiger partial charge is 0.493 e. The summed E-state index contributed by atoms with van der Waals surface area (Å²) in [5, 5.41) is 0. The van der Waals surface area contributed by atoms with Crippen LogP contribution in [0.5, 0.6) is 17.2 Å². The second-order valence-corrected chi connectivity index (χ2v) is 3.65. The van der Waals surface area contributed by atoms with Gasteiger partial charge in [-0.2, -0.15) is 0 Å². The molecule has 0 aromatic heterocycles. The van der Waals surface area contributed by atoms with Crippen molar-refractivity contribution >= 4 is 5.78 Å². The Balaban J connectivity index is 3.25. The highest BCUT2D eigenvalue weighted by molar-refractivity contribution is 5.97. The molecule has 0 saturated heterocycles. The van der Waals surface area contributed by atoms with Crippen LogP contribution in [0.15, 0.2) is 12.1 Å². The third kappa shape index (κ3) is 3.39. The lowest BCUT2D eigenvalue weighted by Crippen LogP contribution is -2.05. The second kappa shape index (κ2) is 6.89. The Bertz CT molecular complexity index is 413. The number of carbonyl (C=O) groups excluding carboxylic acids is 1. The Morgan fingerprint density at radius 3 is 1.78 bits per heavy atom. The standard InChI is InChI=1S/C14H20O4/c1-5-16-12-9-14(18-7-3)13(17-6-2)8-11(12)10(4)15/h8-9H,5-7H2,1-4H3. The van der Waals surface area contributed by atoms with Crippen LogP contribution < -0.4 is 14.2 Å². The number of ketones is 1. The lowest BCUT2D eigenvalue weighted by Gasteiger charge is -2.15. The summed E-state index contributed by atoms with van der Waals surface area (Å²) in [6.07, 6.45) is 0. The van der Waals surface area contributed by atoms with Gasteiger partial charge in [0.05, 0.1) is 25.4 Å². The Hall–Kier alpha value is -1.71. The van der Waals surface area contributed by atoms with Gasteiger partial charge in [-0.05, 0) is 33.8 Å². The number of hydrogen-bond donors (Lipinski definition) is 0. The number of ether oxygens (including phenoxy) is 3. The van der Waals surface area contributed by atoms with Crippen molar-refractivity contribution in [3.05, 3.63) is 17.7 Å². The van der Waals surface area contributed by atoms with Gasteiger partial charge in [0.15, 0.2) is 17.3 Å². The first-order chi connectivity index (χ1) is 8.63. The molecule has 0 aliphatic heterocycles. The molecule has 0 atom stereocenters. The molecule has 1 aromatic rings. The SMILES string of the molecule is CCOc1cc(OCC)c(C(C)=O)cc1OCC. The van der Waals surface area contributed by atoms with E-state index in [9.17, 15) is 4.79 Å². The predicted octanol–water partition coefficient (Wildman–Crippen LogP) is 3.09. The van der Waals surface area contributed by atoms with Crippen LogP contribution in [0.4, 0.5) is 0 Å². The molecule has 0 heterocycles. The van der Waals surface area contributed by atoms with Crippen molar-refractivity contribution in [1.29, 1.82) is 0 Å². The molecule has 4 heteroatoms. The molecule has 0 unspecified atom stereocenters. The highest BCUT2D eigenvalue weighted by atomic mass is 16.5. The first-order valence-corrected chi connectivity index (χ1v) is 6.21. The molecule has 0 fully saturated rings. The monoisotopic (exact) mass is 252 g/mol. The molecule has 0 spiro atoms. The fourth-order valence-electron chi connectivity index (χ4n) is 1.63. The molecule has 0 radical (unpaired) electrons. The summed E-state index contributed by atoms with van der Waals surface area (Å²) >= 11 is 0. The highest BCUT2D eigenvalue weighted by Gasteiger charge is 2.15. The molecule has 0 bridgehead atoms. The van der Waals surface area contributed by atoms with Crippen molar-refractivity contribution in [2.24, 2.45) is 0 Å². The quantitative estimate of drug-likeness (QED) is 0.699. The van der Waals surface area contributed by atoms with Gasteiger partial charge < -0.3 is 14.2 Å². The normalized spacial score (nSPS) is 10.0. The van der Waals surface area contributed by atoms with Gasteiger partial charge in [-0.3, -0.25) is 4.79 Å². The first kappa shape index (κ1) is 14.4. The number of hydrogen-bond acceptors (Lipinski definition) is 4. The van der Waals surface area contributed by atoms with Crippen LogP contribution >= 0.6 is 0 Å². The number of Topliss-reactive ketones (excluding diaryl/α,β-unsaturated/α-hetero) is 1. The molecule has 0 aliphatic carbocycles. The van der Waals surface area contributed by atoms with Gasteiger partial charge in [0.1, 0.15) is 5.75 Å². The molecular formula is C14H20O4. The number of rotatable bonds is 7. The van der Waals surface area contributed by atoms with Gasteiger partial charge in [-0.25, -0.2) is 0 Å². The van der Waals surface area contributed by atoms with Crippen LogP contribution in [0.25, 0.3) is 0 Å². The fourth-order valence-corrected chi connectivity index (χ4v) is 1.63. The van der Waals surface area contributed by atoms with Crippen LogP contribution in [0.2, 0.25) is 0 Å². The zero-order valence-electron chi connectivity index (χ0n) is 11.4. The van der Waals surface area contributed by atoms with Crippen molar-refractivity contribution in [2.45, 2.75) is 27.7 Å². The van der Waals surface area contributed by atoms with Crippen LogP contribution in [0.1, 0.15) is 38.1 Å². The summed E-state index contributed by atoms with van der Waals surface area (Å²) < 4.78 is 16.4. The van der Waals surface area contributed by atoms with E-state index in [-0.39, 0.29) is 5.78 Å². The molecule has 0 N–H and O–H groups in total. The molecule has 0 amide bonds. The Morgan fingerprint density at radius 1 is 0.889 bits per heavy atom. The van der Waals surface area contributed by atoms with Gasteiger partial charge >= 0.3 is 0 Å². The average molecular weight is 252 g/mol. The molecule has 100 valence electrons. The minimum Gasteiger partial charge on any atom is -0.493 e. The maximum atomic E-state index is 11.6. The van der Waals surface area contributed by atoms with Crippen LogP contribution in [-0.2, 0) is 0 Å². The lowest BCUT2D eigenvalue weighted by atomic mass is 10.1. The van der Waals surface area contributed by atoms with Crippen molar-refractivity contribution in [3.8, 4) is 17.2 Å². The lowest BCUT2D eigenvalue weighted by molar-refractivity contribution is 0.101. The van der Waals surface area contributed by atoms with Crippen LogP contribution in [0, 0.1) is 0 Å². The first-order valence-electron chi connectivity index (χ1n) is 6.21. The molecule has 4 nitrogen and oxygen atoms in total. The third-order valence-corrected chi connectivity index (χ3v) is 2.32. The zero-order valence-corrected chi connectivity index (χ0v) is 11.4. The van der Waals surface area contributed by atoms with Gasteiger partial charge in [-0.1, -0.05) is 0 Å². The molecule has 1 aromatic carbocycles. The maximum Gasteiger partial charge on any atom is 0.164 e. The van der Waals surface area contributed by atoms with Crippen molar-refractivity contribution in [3.63, 3.8) is 0 Å². The van der Waals surface area contributed by atoms with Crippen LogP contribution in [-0.4, -0.2) is 25.6 Å². The van der Waals surface area contributed by atoms with Gasteiger partial charge in [-0.15, -0.1) is 0 Å². The van der Waals surface area contributed by atoms with Gasteiger partial charge in [0, 0.05) is 6.07 Å². The van der Waals surface area contributed by atoms with E-state index in [0.717, 1.165) is 0 Å². The second-order valence-electron chi connectivity index (χ2n) is 3.65. The Kier molecular flexibility index (Phi) is 5.49. The van der Waals surface area contributed by atoms with E-state index >= 15 is 0 Å². The van der Waals surface area contributed by atoms with Crippen molar-refractivity contribution in [2.75, 3.05) is 19.8 Å². The number of benzene rings is 1. The minimum atomic E-state index is -0.0533. The zero-order chi connectivity index (χ0) is 13.5. The Labute approximate surface area is 108 Å². The summed E-state index contributed by atoms with van der Waals surface area (Å²) in [4.78, 5) is 11.6. The van der Waals surface area contributed by atoms with E-state index in [4.69, 9.17) is 14.2 Å². The summed E-state index contributed by atoms with van der Waals surface area (Å²) in [6.45, 7) is 8.72. The third-order valence-electron chi connectivity index (χ3n) is 2.32. The minimum absolute atomic E-state index is 0.0533. The van der Waals surface area contributed by atoms with Gasteiger partial charge in [0.2, 0.25) is 0 Å². The molecule has 18 heavy (non-hydrogen) atoms. The smallest absolute Gasteiger partial charge is 0.164 e. The summed E-state index contributed by atoms with van der Waals surface area (Å²) in [5.74, 6) is 1.67. The van der Waals surface area contributed by atoms with Crippen molar-refractivity contribution in [1.82, 2.24) is 0 Å². The molecular weight excluding hydrogens is 232 g/mol. The fraction of sp³-hybridized carbons (Fsp3) is 0.500. The van der Waals surface area contributed by atoms with E-state index in [0.29, 0.717) is 42.6 Å².